The van der Waals surface area contributed by atoms with Gasteiger partial charge in [0.1, 0.15) is 11.9 Å². The Kier molecular flexibility index (Phi) is 3.95. The Morgan fingerprint density at radius 1 is 1.10 bits per heavy atom. The number of alkyl halides is 1. The summed E-state index contributed by atoms with van der Waals surface area (Å²) in [7, 11) is 0. The molecule has 0 radical (unpaired) electrons. The van der Waals surface area contributed by atoms with Crippen molar-refractivity contribution in [2.24, 2.45) is 0 Å². The quantitative estimate of drug-likeness (QED) is 0.846. The molecule has 0 spiro atoms. The van der Waals surface area contributed by atoms with E-state index in [1.807, 2.05) is 0 Å². The summed E-state index contributed by atoms with van der Waals surface area (Å²) in [6.07, 6.45) is 0. The molecule has 0 aliphatic carbocycles. The number of hydrogen-bond donors (Lipinski definition) is 0. The first-order valence-corrected chi connectivity index (χ1v) is 6.30. The molecule has 0 bridgehead atoms. The van der Waals surface area contributed by atoms with Gasteiger partial charge in [-0.15, -0.1) is 0 Å². The second-order valence-corrected chi connectivity index (χ2v) is 4.64. The maximum absolute atomic E-state index is 15.3. The lowest BCUT2D eigenvalue weighted by atomic mass is 9.77. The van der Waals surface area contributed by atoms with Crippen molar-refractivity contribution in [2.45, 2.75) is 18.5 Å². The van der Waals surface area contributed by atoms with E-state index in [2.05, 4.69) is 0 Å². The fraction of sp³-hybridized carbons (Fsp3) is 0.176. The van der Waals surface area contributed by atoms with E-state index in [0.717, 1.165) is 0 Å². The van der Waals surface area contributed by atoms with Crippen molar-refractivity contribution in [1.29, 1.82) is 5.26 Å². The number of halogens is 1. The topological polar surface area (TPSA) is 40.9 Å². The van der Waals surface area contributed by atoms with E-state index in [1.165, 1.54) is 19.1 Å². The average molecular weight is 267 g/mol. The maximum Gasteiger partial charge on any atom is 0.234 e. The number of carbonyl (C=O) groups excluding carboxylic acids is 1. The molecular weight excluding hydrogens is 253 g/mol. The molecule has 0 amide bonds. The Hall–Kier alpha value is -2.47. The molecule has 0 fully saturated rings. The number of carbonyl (C=O) groups is 1. The standard InChI is InChI=1S/C17H14FNO/c1-13(20)16(14-8-4-2-5-9-14)17(18,12-19)15-10-6-3-7-11-15/h2-11,16H,1H3. The third-order valence-electron chi connectivity index (χ3n) is 3.29. The lowest BCUT2D eigenvalue weighted by Crippen LogP contribution is -2.32. The van der Waals surface area contributed by atoms with Crippen LogP contribution in [-0.4, -0.2) is 5.78 Å². The minimum Gasteiger partial charge on any atom is -0.299 e. The Bertz CT molecular complexity index is 633. The SMILES string of the molecule is CC(=O)C(c1ccccc1)C(F)(C#N)c1ccccc1. The highest BCUT2D eigenvalue weighted by atomic mass is 19.1. The van der Waals surface area contributed by atoms with Crippen LogP contribution in [0.15, 0.2) is 60.7 Å². The van der Waals surface area contributed by atoms with E-state index in [0.29, 0.717) is 5.56 Å². The summed E-state index contributed by atoms with van der Waals surface area (Å²) in [6.45, 7) is 1.31. The monoisotopic (exact) mass is 267 g/mol. The number of nitriles is 1. The minimum atomic E-state index is -2.37. The number of hydrogen-bond acceptors (Lipinski definition) is 2. The molecule has 3 heteroatoms. The van der Waals surface area contributed by atoms with Crippen LogP contribution >= 0.6 is 0 Å². The lowest BCUT2D eigenvalue weighted by Gasteiger charge is -2.26. The van der Waals surface area contributed by atoms with E-state index < -0.39 is 11.6 Å². The first-order valence-electron chi connectivity index (χ1n) is 6.30. The second kappa shape index (κ2) is 5.66. The molecule has 0 saturated heterocycles. The van der Waals surface area contributed by atoms with Gasteiger partial charge in [0.2, 0.25) is 5.67 Å². The molecule has 0 aromatic heterocycles. The molecule has 0 heterocycles. The second-order valence-electron chi connectivity index (χ2n) is 4.64. The zero-order valence-electron chi connectivity index (χ0n) is 11.1. The lowest BCUT2D eigenvalue weighted by molar-refractivity contribution is -0.121. The van der Waals surface area contributed by atoms with Gasteiger partial charge in [-0.2, -0.15) is 5.26 Å². The summed E-state index contributed by atoms with van der Waals surface area (Å²) < 4.78 is 15.3. The number of ketones is 1. The normalized spacial score (nSPS) is 14.8. The number of benzene rings is 2. The molecule has 2 rings (SSSR count). The number of rotatable bonds is 4. The predicted octanol–water partition coefficient (Wildman–Crippen LogP) is 3.75. The van der Waals surface area contributed by atoms with Crippen LogP contribution in [0.4, 0.5) is 4.39 Å². The zero-order chi connectivity index (χ0) is 14.6. The maximum atomic E-state index is 15.3. The van der Waals surface area contributed by atoms with Crippen LogP contribution in [-0.2, 0) is 10.5 Å². The van der Waals surface area contributed by atoms with Gasteiger partial charge in [-0.3, -0.25) is 4.79 Å². The van der Waals surface area contributed by atoms with Crippen LogP contribution in [0.5, 0.6) is 0 Å². The Morgan fingerprint density at radius 2 is 1.60 bits per heavy atom. The summed E-state index contributed by atoms with van der Waals surface area (Å²) in [5.41, 5.74) is -1.66. The molecule has 2 nitrogen and oxygen atoms in total. The van der Waals surface area contributed by atoms with Gasteiger partial charge in [-0.05, 0) is 12.5 Å². The number of Topliss-reactive ketones (excluding diaryl/α,β-unsaturated/α-hetero) is 1. The van der Waals surface area contributed by atoms with Gasteiger partial charge in [0.15, 0.2) is 0 Å². The fourth-order valence-corrected chi connectivity index (χ4v) is 2.37. The molecule has 2 aromatic rings. The van der Waals surface area contributed by atoms with E-state index in [-0.39, 0.29) is 11.3 Å². The van der Waals surface area contributed by atoms with Crippen molar-refractivity contribution in [3.8, 4) is 6.07 Å². The molecule has 0 saturated carbocycles. The van der Waals surface area contributed by atoms with Gasteiger partial charge in [-0.1, -0.05) is 60.7 Å². The van der Waals surface area contributed by atoms with Crippen LogP contribution in [0.3, 0.4) is 0 Å². The van der Waals surface area contributed by atoms with Gasteiger partial charge in [-0.25, -0.2) is 4.39 Å². The van der Waals surface area contributed by atoms with Gasteiger partial charge in [0, 0.05) is 5.56 Å². The van der Waals surface area contributed by atoms with E-state index >= 15 is 4.39 Å². The molecule has 0 aliphatic heterocycles. The van der Waals surface area contributed by atoms with Crippen LogP contribution in [0.1, 0.15) is 24.0 Å². The smallest absolute Gasteiger partial charge is 0.234 e. The van der Waals surface area contributed by atoms with Crippen LogP contribution in [0.25, 0.3) is 0 Å². The Labute approximate surface area is 117 Å². The van der Waals surface area contributed by atoms with Crippen molar-refractivity contribution in [3.05, 3.63) is 71.8 Å². The number of nitrogens with zero attached hydrogens (tertiary/aromatic N) is 1. The summed E-state index contributed by atoms with van der Waals surface area (Å²) in [4.78, 5) is 11.9. The zero-order valence-corrected chi connectivity index (χ0v) is 11.1. The summed E-state index contributed by atoms with van der Waals surface area (Å²) in [5.74, 6) is -1.50. The molecule has 0 aliphatic rings. The van der Waals surface area contributed by atoms with Gasteiger partial charge >= 0.3 is 0 Å². The Balaban J connectivity index is 2.58. The van der Waals surface area contributed by atoms with E-state index in [9.17, 15) is 10.1 Å². The highest BCUT2D eigenvalue weighted by Crippen LogP contribution is 2.40. The van der Waals surface area contributed by atoms with Crippen molar-refractivity contribution < 1.29 is 9.18 Å². The molecule has 2 unspecified atom stereocenters. The first-order chi connectivity index (χ1) is 9.59. The fourth-order valence-electron chi connectivity index (χ4n) is 2.37. The van der Waals surface area contributed by atoms with E-state index in [4.69, 9.17) is 0 Å². The summed E-state index contributed by atoms with van der Waals surface area (Å²) in [6, 6.07) is 18.4. The van der Waals surface area contributed by atoms with Crippen molar-refractivity contribution in [2.75, 3.05) is 0 Å². The highest BCUT2D eigenvalue weighted by molar-refractivity contribution is 5.85. The van der Waals surface area contributed by atoms with Crippen molar-refractivity contribution >= 4 is 5.78 Å². The van der Waals surface area contributed by atoms with Gasteiger partial charge in [0.25, 0.3) is 0 Å². The highest BCUT2D eigenvalue weighted by Gasteiger charge is 2.45. The predicted molar refractivity (Wildman–Crippen MR) is 74.7 cm³/mol. The van der Waals surface area contributed by atoms with Crippen LogP contribution in [0, 0.1) is 11.3 Å². The molecule has 2 atom stereocenters. The Morgan fingerprint density at radius 3 is 2.05 bits per heavy atom. The first kappa shape index (κ1) is 14.0. The van der Waals surface area contributed by atoms with Crippen molar-refractivity contribution in [1.82, 2.24) is 0 Å². The van der Waals surface area contributed by atoms with Gasteiger partial charge < -0.3 is 0 Å². The van der Waals surface area contributed by atoms with E-state index in [1.54, 1.807) is 54.6 Å². The third-order valence-corrected chi connectivity index (χ3v) is 3.29. The summed E-state index contributed by atoms with van der Waals surface area (Å²) >= 11 is 0. The largest absolute Gasteiger partial charge is 0.299 e. The minimum absolute atomic E-state index is 0.201. The van der Waals surface area contributed by atoms with Gasteiger partial charge in [0.05, 0.1) is 5.92 Å². The molecule has 20 heavy (non-hydrogen) atoms. The van der Waals surface area contributed by atoms with Crippen LogP contribution < -0.4 is 0 Å². The van der Waals surface area contributed by atoms with Crippen LogP contribution in [0.2, 0.25) is 0 Å². The summed E-state index contributed by atoms with van der Waals surface area (Å²) in [5, 5.41) is 9.34. The molecular formula is C17H14FNO. The van der Waals surface area contributed by atoms with Crippen molar-refractivity contribution in [3.63, 3.8) is 0 Å². The third kappa shape index (κ3) is 2.46. The molecule has 2 aromatic carbocycles. The average Bonchev–Trinajstić information content (AvgIpc) is 2.49. The molecule has 0 N–H and O–H groups in total. The molecule has 100 valence electrons.